The van der Waals surface area contributed by atoms with E-state index < -0.39 is 5.97 Å². The van der Waals surface area contributed by atoms with E-state index in [-0.39, 0.29) is 5.70 Å². The van der Waals surface area contributed by atoms with Crippen molar-refractivity contribution in [3.05, 3.63) is 104 Å². The van der Waals surface area contributed by atoms with E-state index in [0.717, 1.165) is 20.3 Å². The zero-order valence-electron chi connectivity index (χ0n) is 17.3. The molecule has 5 heteroatoms. The van der Waals surface area contributed by atoms with Gasteiger partial charge in [0, 0.05) is 20.3 Å². The number of cyclic esters (lactones) is 1. The largest absolute Gasteiger partial charge is 0.488 e. The maximum Gasteiger partial charge on any atom is 0.363 e. The Balaban J connectivity index is 1.57. The third-order valence-corrected chi connectivity index (χ3v) is 6.05. The molecule has 4 rings (SSSR count). The summed E-state index contributed by atoms with van der Waals surface area (Å²) in [4.78, 5) is 16.9. The van der Waals surface area contributed by atoms with Gasteiger partial charge in [0.1, 0.15) is 12.4 Å². The molecule has 0 atom stereocenters. The molecule has 4 nitrogen and oxygen atoms in total. The lowest BCUT2D eigenvalue weighted by Crippen LogP contribution is -2.05. The molecule has 0 aliphatic carbocycles. The number of carbonyl (C=O) groups is 1. The quantitative estimate of drug-likeness (QED) is 0.215. The van der Waals surface area contributed by atoms with Crippen molar-refractivity contribution in [3.63, 3.8) is 0 Å². The van der Waals surface area contributed by atoms with Crippen LogP contribution in [0.15, 0.2) is 83.5 Å². The lowest BCUT2D eigenvalue weighted by Gasteiger charge is -2.10. The van der Waals surface area contributed by atoms with Crippen LogP contribution in [0.2, 0.25) is 0 Å². The van der Waals surface area contributed by atoms with E-state index >= 15 is 0 Å². The summed E-state index contributed by atoms with van der Waals surface area (Å²) in [5, 5.41) is 0. The van der Waals surface area contributed by atoms with Gasteiger partial charge in [-0.25, -0.2) is 9.79 Å². The molecular weight excluding hydrogens is 501 g/mol. The van der Waals surface area contributed by atoms with Gasteiger partial charge in [-0.3, -0.25) is 0 Å². The van der Waals surface area contributed by atoms with E-state index in [1.165, 1.54) is 5.56 Å². The average Bonchev–Trinajstić information content (AvgIpc) is 3.14. The van der Waals surface area contributed by atoms with E-state index in [4.69, 9.17) is 9.47 Å². The number of halogens is 1. The van der Waals surface area contributed by atoms with E-state index in [2.05, 4.69) is 41.4 Å². The Kier molecular flexibility index (Phi) is 6.51. The van der Waals surface area contributed by atoms with E-state index in [9.17, 15) is 4.79 Å². The topological polar surface area (TPSA) is 47.9 Å². The van der Waals surface area contributed by atoms with Gasteiger partial charge in [0.25, 0.3) is 0 Å². The molecule has 0 amide bonds. The molecule has 0 unspecified atom stereocenters. The zero-order chi connectivity index (χ0) is 21.8. The smallest absolute Gasteiger partial charge is 0.363 e. The fourth-order valence-electron chi connectivity index (χ4n) is 3.19. The predicted molar refractivity (Wildman–Crippen MR) is 131 cm³/mol. The van der Waals surface area contributed by atoms with Crippen LogP contribution in [-0.4, -0.2) is 11.9 Å². The van der Waals surface area contributed by atoms with Crippen LogP contribution < -0.4 is 4.74 Å². The first-order valence-electron chi connectivity index (χ1n) is 10.1. The number of hydrogen-bond donors (Lipinski definition) is 0. The van der Waals surface area contributed by atoms with Crippen LogP contribution in [0.3, 0.4) is 0 Å². The highest BCUT2D eigenvalue weighted by Gasteiger charge is 2.24. The van der Waals surface area contributed by atoms with E-state index in [0.29, 0.717) is 24.2 Å². The van der Waals surface area contributed by atoms with Gasteiger partial charge < -0.3 is 9.47 Å². The number of nitrogens with zero attached hydrogens (tertiary/aromatic N) is 1. The SMILES string of the molecule is CC(C)c1ccc(C2=N/C(=C\c3ccccc3OCc3ccccc3I)C(=O)O2)cc1. The maximum absolute atomic E-state index is 12.4. The van der Waals surface area contributed by atoms with Crippen molar-refractivity contribution in [1.29, 1.82) is 0 Å². The minimum Gasteiger partial charge on any atom is -0.488 e. The second-order valence-corrected chi connectivity index (χ2v) is 8.69. The van der Waals surface area contributed by atoms with Crippen molar-refractivity contribution in [2.75, 3.05) is 0 Å². The van der Waals surface area contributed by atoms with E-state index in [1.54, 1.807) is 6.08 Å². The Morgan fingerprint density at radius 3 is 2.45 bits per heavy atom. The minimum atomic E-state index is -0.463. The zero-order valence-corrected chi connectivity index (χ0v) is 19.5. The maximum atomic E-state index is 12.4. The Bertz CT molecular complexity index is 1160. The van der Waals surface area contributed by atoms with Gasteiger partial charge in [-0.1, -0.05) is 62.4 Å². The summed E-state index contributed by atoms with van der Waals surface area (Å²) in [5.74, 6) is 0.986. The van der Waals surface area contributed by atoms with Crippen molar-refractivity contribution >= 4 is 40.5 Å². The summed E-state index contributed by atoms with van der Waals surface area (Å²) >= 11 is 2.30. The number of aliphatic imine (C=N–C) groups is 1. The van der Waals surface area contributed by atoms with Crippen molar-refractivity contribution in [2.45, 2.75) is 26.4 Å². The monoisotopic (exact) mass is 523 g/mol. The third kappa shape index (κ3) is 5.05. The summed E-state index contributed by atoms with van der Waals surface area (Å²) in [6, 6.07) is 23.6. The summed E-state index contributed by atoms with van der Waals surface area (Å²) in [7, 11) is 0. The molecule has 0 spiro atoms. The third-order valence-electron chi connectivity index (χ3n) is 5.00. The van der Waals surface area contributed by atoms with Gasteiger partial charge in [-0.2, -0.15) is 0 Å². The first-order chi connectivity index (χ1) is 15.0. The molecule has 156 valence electrons. The first kappa shape index (κ1) is 21.3. The van der Waals surface area contributed by atoms with Crippen LogP contribution in [0.4, 0.5) is 0 Å². The molecule has 0 fully saturated rings. The molecule has 1 heterocycles. The van der Waals surface area contributed by atoms with Gasteiger partial charge in [-0.15, -0.1) is 0 Å². The summed E-state index contributed by atoms with van der Waals surface area (Å²) < 4.78 is 12.6. The fraction of sp³-hybridized carbons (Fsp3) is 0.154. The number of esters is 1. The molecule has 31 heavy (non-hydrogen) atoms. The average molecular weight is 523 g/mol. The van der Waals surface area contributed by atoms with Gasteiger partial charge in [0.15, 0.2) is 5.70 Å². The normalized spacial score (nSPS) is 14.6. The highest BCUT2D eigenvalue weighted by atomic mass is 127. The Morgan fingerprint density at radius 2 is 1.71 bits per heavy atom. The number of ether oxygens (including phenoxy) is 2. The van der Waals surface area contributed by atoms with E-state index in [1.807, 2.05) is 72.8 Å². The van der Waals surface area contributed by atoms with Crippen LogP contribution in [0.25, 0.3) is 6.08 Å². The van der Waals surface area contributed by atoms with Crippen LogP contribution in [0.5, 0.6) is 5.75 Å². The minimum absolute atomic E-state index is 0.258. The lowest BCUT2D eigenvalue weighted by molar-refractivity contribution is -0.129. The van der Waals surface area contributed by atoms with Crippen molar-refractivity contribution in [1.82, 2.24) is 0 Å². The van der Waals surface area contributed by atoms with Gasteiger partial charge in [0.2, 0.25) is 5.90 Å². The summed E-state index contributed by atoms with van der Waals surface area (Å²) in [5.41, 5.74) is 4.15. The van der Waals surface area contributed by atoms with Gasteiger partial charge in [0.05, 0.1) is 0 Å². The van der Waals surface area contributed by atoms with Crippen molar-refractivity contribution in [2.24, 2.45) is 4.99 Å². The highest BCUT2D eigenvalue weighted by molar-refractivity contribution is 14.1. The number of rotatable bonds is 6. The molecule has 1 aliphatic rings. The molecule has 0 bridgehead atoms. The second kappa shape index (κ2) is 9.47. The van der Waals surface area contributed by atoms with Gasteiger partial charge in [-0.05, 0) is 64.4 Å². The number of para-hydroxylation sites is 1. The molecule has 3 aromatic rings. The number of carbonyl (C=O) groups excluding carboxylic acids is 1. The lowest BCUT2D eigenvalue weighted by atomic mass is 10.0. The standard InChI is InChI=1S/C26H22INO3/c1-17(2)18-11-13-19(14-12-18)25-28-23(26(29)31-25)15-20-7-4-6-10-24(20)30-16-21-8-3-5-9-22(21)27/h3-15,17H,16H2,1-2H3/b23-15-. The molecular formula is C26H22INO3. The van der Waals surface area contributed by atoms with Crippen LogP contribution in [0.1, 0.15) is 42.0 Å². The van der Waals surface area contributed by atoms with Gasteiger partial charge >= 0.3 is 5.97 Å². The molecule has 0 radical (unpaired) electrons. The molecule has 1 aliphatic heterocycles. The molecule has 0 N–H and O–H groups in total. The Morgan fingerprint density at radius 1 is 1.00 bits per heavy atom. The predicted octanol–water partition coefficient (Wildman–Crippen LogP) is 6.34. The Labute approximate surface area is 195 Å². The number of hydrogen-bond acceptors (Lipinski definition) is 4. The summed E-state index contributed by atoms with van der Waals surface area (Å²) in [6.45, 7) is 4.72. The van der Waals surface area contributed by atoms with Crippen LogP contribution in [0, 0.1) is 3.57 Å². The summed E-state index contributed by atoms with van der Waals surface area (Å²) in [6.07, 6.45) is 1.71. The molecule has 0 saturated heterocycles. The van der Waals surface area contributed by atoms with Crippen LogP contribution in [-0.2, 0) is 16.1 Å². The highest BCUT2D eigenvalue weighted by Crippen LogP contribution is 2.26. The van der Waals surface area contributed by atoms with Crippen molar-refractivity contribution < 1.29 is 14.3 Å². The second-order valence-electron chi connectivity index (χ2n) is 7.53. The van der Waals surface area contributed by atoms with Crippen LogP contribution >= 0.6 is 22.6 Å². The first-order valence-corrected chi connectivity index (χ1v) is 11.2. The molecule has 0 aromatic heterocycles. The number of benzene rings is 3. The fourth-order valence-corrected chi connectivity index (χ4v) is 3.74. The Hall–Kier alpha value is -2.93. The van der Waals surface area contributed by atoms with Crippen molar-refractivity contribution in [3.8, 4) is 5.75 Å². The molecule has 3 aromatic carbocycles. The molecule has 0 saturated carbocycles.